The molecule has 0 saturated heterocycles. The van der Waals surface area contributed by atoms with Gasteiger partial charge in [-0.2, -0.15) is 0 Å². The fourth-order valence-corrected chi connectivity index (χ4v) is 2.59. The SMILES string of the molecule is N=C(N)NCCC[C@H](NC(=O)[C@H](CCCNC(=N)N)NC(=O)[C@@H](N)CCC(N)=O)C(N)=O. The maximum absolute atomic E-state index is 12.7. The molecular weight excluding hydrogens is 422 g/mol. The number of amides is 4. The fraction of sp³-hybridized carbons (Fsp3) is 0.647. The van der Waals surface area contributed by atoms with Crippen LogP contribution in [0, 0.1) is 10.8 Å². The summed E-state index contributed by atoms with van der Waals surface area (Å²) < 4.78 is 0. The molecule has 15 nitrogen and oxygen atoms in total. The van der Waals surface area contributed by atoms with Crippen molar-refractivity contribution in [3.05, 3.63) is 0 Å². The molecule has 4 amide bonds. The van der Waals surface area contributed by atoms with Crippen molar-refractivity contribution in [3.63, 3.8) is 0 Å². The molecule has 0 heterocycles. The molecule has 0 bridgehead atoms. The third-order valence-corrected chi connectivity index (χ3v) is 4.30. The molecule has 182 valence electrons. The molecule has 32 heavy (non-hydrogen) atoms. The molecule has 0 fully saturated rings. The van der Waals surface area contributed by atoms with Crippen LogP contribution >= 0.6 is 0 Å². The van der Waals surface area contributed by atoms with Gasteiger partial charge in [-0.3, -0.25) is 30.0 Å². The molecule has 0 spiro atoms. The molecule has 16 N–H and O–H groups in total. The highest BCUT2D eigenvalue weighted by atomic mass is 16.2. The summed E-state index contributed by atoms with van der Waals surface area (Å²) in [6, 6.07) is -3.11. The van der Waals surface area contributed by atoms with Crippen LogP contribution in [0.5, 0.6) is 0 Å². The lowest BCUT2D eigenvalue weighted by Gasteiger charge is -2.23. The minimum Gasteiger partial charge on any atom is -0.370 e. The Balaban J connectivity index is 5.05. The highest BCUT2D eigenvalue weighted by Crippen LogP contribution is 2.03. The van der Waals surface area contributed by atoms with Crippen LogP contribution in [0.3, 0.4) is 0 Å². The van der Waals surface area contributed by atoms with Gasteiger partial charge in [0.15, 0.2) is 11.9 Å². The van der Waals surface area contributed by atoms with Crippen molar-refractivity contribution in [1.29, 1.82) is 10.8 Å². The molecule has 0 rings (SSSR count). The molecule has 15 heteroatoms. The predicted octanol–water partition coefficient (Wildman–Crippen LogP) is -4.44. The Morgan fingerprint density at radius 1 is 0.719 bits per heavy atom. The zero-order chi connectivity index (χ0) is 24.7. The van der Waals surface area contributed by atoms with Gasteiger partial charge in [0.1, 0.15) is 12.1 Å². The van der Waals surface area contributed by atoms with Gasteiger partial charge in [-0.05, 0) is 32.1 Å². The number of carbonyl (C=O) groups is 4. The Morgan fingerprint density at radius 3 is 1.62 bits per heavy atom. The van der Waals surface area contributed by atoms with Crippen molar-refractivity contribution in [2.75, 3.05) is 13.1 Å². The van der Waals surface area contributed by atoms with Gasteiger partial charge in [0, 0.05) is 19.5 Å². The molecular formula is C17H35N11O4. The van der Waals surface area contributed by atoms with Crippen LogP contribution in [0.4, 0.5) is 0 Å². The van der Waals surface area contributed by atoms with Crippen LogP contribution < -0.4 is 49.9 Å². The minimum atomic E-state index is -1.06. The predicted molar refractivity (Wildman–Crippen MR) is 118 cm³/mol. The normalized spacial score (nSPS) is 13.2. The number of nitrogens with two attached hydrogens (primary N) is 5. The largest absolute Gasteiger partial charge is 0.370 e. The van der Waals surface area contributed by atoms with Crippen LogP contribution in [0.15, 0.2) is 0 Å². The Kier molecular flexibility index (Phi) is 13.5. The van der Waals surface area contributed by atoms with Crippen LogP contribution in [-0.4, -0.2) is 66.8 Å². The highest BCUT2D eigenvalue weighted by molar-refractivity contribution is 5.92. The van der Waals surface area contributed by atoms with Crippen LogP contribution in [0.2, 0.25) is 0 Å². The maximum atomic E-state index is 12.7. The quantitative estimate of drug-likeness (QED) is 0.0604. The van der Waals surface area contributed by atoms with E-state index in [4.69, 9.17) is 39.5 Å². The van der Waals surface area contributed by atoms with Crippen molar-refractivity contribution < 1.29 is 19.2 Å². The molecule has 0 saturated carbocycles. The molecule has 0 aliphatic rings. The van der Waals surface area contributed by atoms with E-state index in [1.54, 1.807) is 0 Å². The number of hydrogen-bond donors (Lipinski definition) is 11. The average Bonchev–Trinajstić information content (AvgIpc) is 2.69. The van der Waals surface area contributed by atoms with Gasteiger partial charge in [-0.1, -0.05) is 0 Å². The second-order valence-corrected chi connectivity index (χ2v) is 7.10. The Morgan fingerprint density at radius 2 is 1.19 bits per heavy atom. The molecule has 0 aromatic rings. The van der Waals surface area contributed by atoms with Crippen LogP contribution in [0.1, 0.15) is 38.5 Å². The summed E-state index contributed by atoms with van der Waals surface area (Å²) in [4.78, 5) is 47.7. The number of carbonyl (C=O) groups excluding carboxylic acids is 4. The summed E-state index contributed by atoms with van der Waals surface area (Å²) in [5, 5.41) is 24.4. The molecule has 0 radical (unpaired) electrons. The lowest BCUT2D eigenvalue weighted by molar-refractivity contribution is -0.132. The minimum absolute atomic E-state index is 0.00839. The third kappa shape index (κ3) is 13.6. The van der Waals surface area contributed by atoms with Crippen molar-refractivity contribution in [3.8, 4) is 0 Å². The summed E-state index contributed by atoms with van der Waals surface area (Å²) in [5.41, 5.74) is 26.6. The van der Waals surface area contributed by atoms with Gasteiger partial charge >= 0.3 is 0 Å². The lowest BCUT2D eigenvalue weighted by Crippen LogP contribution is -2.55. The summed E-state index contributed by atoms with van der Waals surface area (Å²) in [5.74, 6) is -3.14. The summed E-state index contributed by atoms with van der Waals surface area (Å²) in [6.45, 7) is 0.583. The smallest absolute Gasteiger partial charge is 0.243 e. The summed E-state index contributed by atoms with van der Waals surface area (Å²) in [6.07, 6.45) is 1.01. The van der Waals surface area contributed by atoms with Crippen LogP contribution in [0.25, 0.3) is 0 Å². The number of rotatable bonds is 16. The zero-order valence-electron chi connectivity index (χ0n) is 17.9. The maximum Gasteiger partial charge on any atom is 0.243 e. The fourth-order valence-electron chi connectivity index (χ4n) is 2.59. The Labute approximate surface area is 185 Å². The van der Waals surface area contributed by atoms with E-state index >= 15 is 0 Å². The second-order valence-electron chi connectivity index (χ2n) is 7.10. The number of nitrogens with one attached hydrogen (secondary N) is 6. The highest BCUT2D eigenvalue weighted by Gasteiger charge is 2.27. The third-order valence-electron chi connectivity index (χ3n) is 4.30. The van der Waals surface area contributed by atoms with Gasteiger partial charge in [-0.15, -0.1) is 0 Å². The Hall–Kier alpha value is -3.62. The molecule has 0 unspecified atom stereocenters. The van der Waals surface area contributed by atoms with E-state index in [0.717, 1.165) is 0 Å². The van der Waals surface area contributed by atoms with Gasteiger partial charge in [-0.25, -0.2) is 0 Å². The second kappa shape index (κ2) is 15.2. The van der Waals surface area contributed by atoms with E-state index in [0.29, 0.717) is 19.4 Å². The standard InChI is InChI=1S/C17H35N11O4/c18-9(5-6-12(19)29)14(31)28-11(4-2-8-26-17(23)24)15(32)27-10(13(20)30)3-1-7-25-16(21)22/h9-11H,1-8,18H2,(H2,19,29)(H2,20,30)(H,27,32)(H,28,31)(H4,21,22,25)(H4,23,24,26)/t9-,10-,11-/m0/s1. The van der Waals surface area contributed by atoms with E-state index in [-0.39, 0.29) is 44.1 Å². The van der Waals surface area contributed by atoms with Gasteiger partial charge in [0.25, 0.3) is 0 Å². The van der Waals surface area contributed by atoms with E-state index in [9.17, 15) is 19.2 Å². The lowest BCUT2D eigenvalue weighted by atomic mass is 10.1. The van der Waals surface area contributed by atoms with E-state index < -0.39 is 41.8 Å². The number of hydrogen-bond acceptors (Lipinski definition) is 7. The first-order valence-corrected chi connectivity index (χ1v) is 10.0. The van der Waals surface area contributed by atoms with Crippen molar-refractivity contribution >= 4 is 35.5 Å². The molecule has 0 aromatic carbocycles. The van der Waals surface area contributed by atoms with E-state index in [1.165, 1.54) is 0 Å². The molecule has 0 aliphatic carbocycles. The van der Waals surface area contributed by atoms with Gasteiger partial charge in [0.05, 0.1) is 6.04 Å². The average molecular weight is 458 g/mol. The number of guanidine groups is 2. The summed E-state index contributed by atoms with van der Waals surface area (Å²) in [7, 11) is 0. The zero-order valence-corrected chi connectivity index (χ0v) is 17.9. The molecule has 0 aliphatic heterocycles. The van der Waals surface area contributed by atoms with E-state index in [1.807, 2.05) is 0 Å². The first kappa shape index (κ1) is 28.4. The van der Waals surface area contributed by atoms with E-state index in [2.05, 4.69) is 21.3 Å². The topological polar surface area (TPSA) is 294 Å². The first-order valence-electron chi connectivity index (χ1n) is 10.0. The Bertz CT molecular complexity index is 685. The van der Waals surface area contributed by atoms with Gasteiger partial charge < -0.3 is 49.9 Å². The summed E-state index contributed by atoms with van der Waals surface area (Å²) >= 11 is 0. The van der Waals surface area contributed by atoms with Crippen molar-refractivity contribution in [1.82, 2.24) is 21.3 Å². The molecule has 3 atom stereocenters. The van der Waals surface area contributed by atoms with Crippen molar-refractivity contribution in [2.45, 2.75) is 56.7 Å². The van der Waals surface area contributed by atoms with Gasteiger partial charge in [0.2, 0.25) is 23.6 Å². The molecule has 0 aromatic heterocycles. The van der Waals surface area contributed by atoms with Crippen LogP contribution in [-0.2, 0) is 19.2 Å². The van der Waals surface area contributed by atoms with Crippen molar-refractivity contribution in [2.24, 2.45) is 28.7 Å². The monoisotopic (exact) mass is 457 g/mol. The first-order chi connectivity index (χ1) is 14.9. The number of primary amides is 2.